The summed E-state index contributed by atoms with van der Waals surface area (Å²) in [7, 11) is 2.05. The maximum atomic E-state index is 13.5. The summed E-state index contributed by atoms with van der Waals surface area (Å²) in [6, 6.07) is 4.24. The third kappa shape index (κ3) is 3.00. The predicted molar refractivity (Wildman–Crippen MR) is 69.3 cm³/mol. The van der Waals surface area contributed by atoms with Gasteiger partial charge in [-0.1, -0.05) is 17.7 Å². The lowest BCUT2D eigenvalue weighted by atomic mass is 10.1. The number of hydrogen-bond donors (Lipinski definition) is 1. The molecule has 3 nitrogen and oxygen atoms in total. The number of carbonyl (C=O) groups is 1. The molecule has 0 spiro atoms. The van der Waals surface area contributed by atoms with Gasteiger partial charge in [0, 0.05) is 13.1 Å². The summed E-state index contributed by atoms with van der Waals surface area (Å²) in [5.41, 5.74) is -0.0643. The molecule has 1 N–H and O–H groups in total. The van der Waals surface area contributed by atoms with Gasteiger partial charge < -0.3 is 10.2 Å². The van der Waals surface area contributed by atoms with Crippen molar-refractivity contribution in [2.45, 2.75) is 6.42 Å². The summed E-state index contributed by atoms with van der Waals surface area (Å²) in [4.78, 5) is 14.1. The molecule has 0 saturated carbocycles. The largest absolute Gasteiger partial charge is 0.352 e. The fraction of sp³-hybridized carbons (Fsp3) is 0.462. The predicted octanol–water partition coefficient (Wildman–Crippen LogP) is 2.16. The molecule has 1 aromatic rings. The Bertz CT molecular complexity index is 432. The van der Waals surface area contributed by atoms with E-state index < -0.39 is 11.7 Å². The number of nitrogens with one attached hydrogen (secondary N) is 1. The van der Waals surface area contributed by atoms with Gasteiger partial charge in [0.2, 0.25) is 0 Å². The van der Waals surface area contributed by atoms with Crippen molar-refractivity contribution in [3.8, 4) is 0 Å². The molecule has 0 bridgehead atoms. The van der Waals surface area contributed by atoms with Crippen molar-refractivity contribution in [3.05, 3.63) is 34.6 Å². The van der Waals surface area contributed by atoms with Crippen molar-refractivity contribution in [2.75, 3.05) is 26.7 Å². The number of amides is 1. The average Bonchev–Trinajstić information content (AvgIpc) is 2.72. The van der Waals surface area contributed by atoms with E-state index in [0.717, 1.165) is 19.5 Å². The first kappa shape index (κ1) is 13.3. The van der Waals surface area contributed by atoms with Gasteiger partial charge in [0.15, 0.2) is 0 Å². The minimum Gasteiger partial charge on any atom is -0.352 e. The normalized spacial score (nSPS) is 20.1. The maximum absolute atomic E-state index is 13.5. The molecule has 0 aliphatic carbocycles. The van der Waals surface area contributed by atoms with Gasteiger partial charge in [-0.3, -0.25) is 4.79 Å². The smallest absolute Gasteiger partial charge is 0.255 e. The Kier molecular flexibility index (Phi) is 4.19. The van der Waals surface area contributed by atoms with Gasteiger partial charge in [-0.15, -0.1) is 0 Å². The van der Waals surface area contributed by atoms with Crippen molar-refractivity contribution in [3.63, 3.8) is 0 Å². The summed E-state index contributed by atoms with van der Waals surface area (Å²) in [5.74, 6) is -0.583. The Balaban J connectivity index is 1.96. The molecule has 0 aromatic heterocycles. The standard InChI is InChI=1S/C13H16ClFN2O/c1-17-6-5-9(8-17)7-16-13(18)12-10(14)3-2-4-11(12)15/h2-4,9H,5-8H2,1H3,(H,16,18). The molecule has 18 heavy (non-hydrogen) atoms. The molecule has 1 unspecified atom stereocenters. The monoisotopic (exact) mass is 270 g/mol. The van der Waals surface area contributed by atoms with Crippen LogP contribution in [-0.2, 0) is 0 Å². The summed E-state index contributed by atoms with van der Waals surface area (Å²) >= 11 is 5.83. The fourth-order valence-corrected chi connectivity index (χ4v) is 2.48. The van der Waals surface area contributed by atoms with Crippen LogP contribution in [0.5, 0.6) is 0 Å². The van der Waals surface area contributed by atoms with Crippen LogP contribution in [0.3, 0.4) is 0 Å². The SMILES string of the molecule is CN1CCC(CNC(=O)c2c(F)cccc2Cl)C1. The van der Waals surface area contributed by atoms with E-state index in [-0.39, 0.29) is 10.6 Å². The molecule has 1 fully saturated rings. The van der Waals surface area contributed by atoms with Crippen LogP contribution in [-0.4, -0.2) is 37.5 Å². The third-order valence-electron chi connectivity index (χ3n) is 3.23. The molecule has 1 aromatic carbocycles. The molecule has 5 heteroatoms. The number of benzene rings is 1. The van der Waals surface area contributed by atoms with E-state index in [1.807, 2.05) is 0 Å². The number of nitrogens with zero attached hydrogens (tertiary/aromatic N) is 1. The van der Waals surface area contributed by atoms with E-state index in [1.165, 1.54) is 18.2 Å². The number of hydrogen-bond acceptors (Lipinski definition) is 2. The Labute approximate surface area is 111 Å². The highest BCUT2D eigenvalue weighted by Crippen LogP contribution is 2.19. The number of likely N-dealkylation sites (tertiary alicyclic amines) is 1. The quantitative estimate of drug-likeness (QED) is 0.913. The molecule has 98 valence electrons. The molecule has 2 rings (SSSR count). The van der Waals surface area contributed by atoms with E-state index in [1.54, 1.807) is 0 Å². The molecule has 1 saturated heterocycles. The van der Waals surface area contributed by atoms with Crippen LogP contribution in [0.1, 0.15) is 16.8 Å². The zero-order valence-electron chi connectivity index (χ0n) is 10.2. The second-order valence-electron chi connectivity index (χ2n) is 4.72. The molecular weight excluding hydrogens is 255 g/mol. The molecule has 1 aliphatic rings. The van der Waals surface area contributed by atoms with Gasteiger partial charge in [-0.25, -0.2) is 4.39 Å². The van der Waals surface area contributed by atoms with Gasteiger partial charge in [-0.2, -0.15) is 0 Å². The molecule has 1 heterocycles. The summed E-state index contributed by atoms with van der Waals surface area (Å²) in [6.07, 6.45) is 1.06. The lowest BCUT2D eigenvalue weighted by Crippen LogP contribution is -2.31. The Morgan fingerprint density at radius 3 is 3.00 bits per heavy atom. The zero-order chi connectivity index (χ0) is 13.1. The van der Waals surface area contributed by atoms with Crippen molar-refractivity contribution >= 4 is 17.5 Å². The van der Waals surface area contributed by atoms with E-state index >= 15 is 0 Å². The van der Waals surface area contributed by atoms with Gasteiger partial charge in [0.25, 0.3) is 5.91 Å². The summed E-state index contributed by atoms with van der Waals surface area (Å²) < 4.78 is 13.5. The van der Waals surface area contributed by atoms with Crippen molar-refractivity contribution < 1.29 is 9.18 Å². The molecule has 1 aliphatic heterocycles. The summed E-state index contributed by atoms with van der Waals surface area (Å²) in [6.45, 7) is 2.57. The maximum Gasteiger partial charge on any atom is 0.255 e. The van der Waals surface area contributed by atoms with Crippen LogP contribution in [0.4, 0.5) is 4.39 Å². The first-order valence-corrected chi connectivity index (χ1v) is 6.36. The Morgan fingerprint density at radius 1 is 1.61 bits per heavy atom. The van der Waals surface area contributed by atoms with E-state index in [9.17, 15) is 9.18 Å². The van der Waals surface area contributed by atoms with Crippen molar-refractivity contribution in [1.29, 1.82) is 0 Å². The highest BCUT2D eigenvalue weighted by molar-refractivity contribution is 6.33. The number of halogens is 2. The molecule has 0 radical (unpaired) electrons. The lowest BCUT2D eigenvalue weighted by molar-refractivity contribution is 0.0943. The second-order valence-corrected chi connectivity index (χ2v) is 5.13. The van der Waals surface area contributed by atoms with Gasteiger partial charge in [0.1, 0.15) is 5.82 Å². The van der Waals surface area contributed by atoms with Crippen molar-refractivity contribution in [1.82, 2.24) is 10.2 Å². The van der Waals surface area contributed by atoms with E-state index in [0.29, 0.717) is 12.5 Å². The second kappa shape index (κ2) is 5.67. The summed E-state index contributed by atoms with van der Waals surface area (Å²) in [5, 5.41) is 2.90. The first-order chi connectivity index (χ1) is 8.58. The minimum absolute atomic E-state index is 0.0643. The highest BCUT2D eigenvalue weighted by atomic mass is 35.5. The van der Waals surface area contributed by atoms with Crippen LogP contribution in [0.2, 0.25) is 5.02 Å². The van der Waals surface area contributed by atoms with Crippen LogP contribution >= 0.6 is 11.6 Å². The lowest BCUT2D eigenvalue weighted by Gasteiger charge is -2.12. The van der Waals surface area contributed by atoms with Crippen LogP contribution in [0.15, 0.2) is 18.2 Å². The fourth-order valence-electron chi connectivity index (χ4n) is 2.23. The Morgan fingerprint density at radius 2 is 2.39 bits per heavy atom. The van der Waals surface area contributed by atoms with E-state index in [2.05, 4.69) is 17.3 Å². The minimum atomic E-state index is -0.580. The molecular formula is C13H16ClFN2O. The topological polar surface area (TPSA) is 32.3 Å². The van der Waals surface area contributed by atoms with Crippen LogP contribution in [0, 0.1) is 11.7 Å². The average molecular weight is 271 g/mol. The number of carbonyl (C=O) groups excluding carboxylic acids is 1. The van der Waals surface area contributed by atoms with Gasteiger partial charge >= 0.3 is 0 Å². The highest BCUT2D eigenvalue weighted by Gasteiger charge is 2.21. The van der Waals surface area contributed by atoms with Gasteiger partial charge in [-0.05, 0) is 38.1 Å². The van der Waals surface area contributed by atoms with Crippen LogP contribution < -0.4 is 5.32 Å². The number of rotatable bonds is 3. The van der Waals surface area contributed by atoms with E-state index in [4.69, 9.17) is 11.6 Å². The van der Waals surface area contributed by atoms with Crippen molar-refractivity contribution in [2.24, 2.45) is 5.92 Å². The van der Waals surface area contributed by atoms with Gasteiger partial charge in [0.05, 0.1) is 10.6 Å². The first-order valence-electron chi connectivity index (χ1n) is 5.98. The molecule has 1 amide bonds. The van der Waals surface area contributed by atoms with Crippen LogP contribution in [0.25, 0.3) is 0 Å². The zero-order valence-corrected chi connectivity index (χ0v) is 11.0. The Hall–Kier alpha value is -1.13. The third-order valence-corrected chi connectivity index (χ3v) is 3.55. The molecule has 1 atom stereocenters.